The van der Waals surface area contributed by atoms with E-state index in [9.17, 15) is 9.59 Å². The number of aliphatic carboxylic acids is 1. The molecule has 5 nitrogen and oxygen atoms in total. The lowest BCUT2D eigenvalue weighted by molar-refractivity contribution is -0.136. The van der Waals surface area contributed by atoms with Gasteiger partial charge in [0.15, 0.2) is 0 Å². The van der Waals surface area contributed by atoms with Crippen LogP contribution in [0.15, 0.2) is 24.3 Å². The summed E-state index contributed by atoms with van der Waals surface area (Å²) in [6.07, 6.45) is 2.53. The molecule has 5 heteroatoms. The fourth-order valence-corrected chi connectivity index (χ4v) is 2.92. The molecule has 0 aromatic heterocycles. The molecule has 1 aliphatic rings. The molecular weight excluding hydrogens is 294 g/mol. The Balaban J connectivity index is 1.91. The van der Waals surface area contributed by atoms with Crippen LogP contribution in [0, 0.1) is 5.92 Å². The van der Waals surface area contributed by atoms with Gasteiger partial charge in [0, 0.05) is 13.0 Å². The maximum Gasteiger partial charge on any atom is 0.307 e. The van der Waals surface area contributed by atoms with E-state index in [2.05, 4.69) is 0 Å². The van der Waals surface area contributed by atoms with E-state index in [4.69, 9.17) is 9.84 Å². The quantitative estimate of drug-likeness (QED) is 0.839. The highest BCUT2D eigenvalue weighted by Crippen LogP contribution is 2.22. The van der Waals surface area contributed by atoms with Crippen molar-refractivity contribution < 1.29 is 19.4 Å². The molecule has 0 spiro atoms. The number of carboxylic acids is 1. The van der Waals surface area contributed by atoms with Crippen LogP contribution in [0.4, 0.5) is 0 Å². The van der Waals surface area contributed by atoms with Crippen molar-refractivity contribution in [3.05, 3.63) is 29.8 Å². The van der Waals surface area contributed by atoms with Crippen LogP contribution in [0.1, 0.15) is 38.7 Å². The molecule has 1 aromatic rings. The zero-order chi connectivity index (χ0) is 16.8. The SMILES string of the molecule is CC(C)CC(=O)N1CCC[C@H]1COc1cccc(CC(=O)O)c1. The molecule has 1 amide bonds. The number of carboxylic acid groups (broad SMARTS) is 1. The molecule has 23 heavy (non-hydrogen) atoms. The van der Waals surface area contributed by atoms with Gasteiger partial charge in [0.2, 0.25) is 5.91 Å². The van der Waals surface area contributed by atoms with Crippen LogP contribution in [0.5, 0.6) is 5.75 Å². The molecule has 0 saturated carbocycles. The fraction of sp³-hybridized carbons (Fsp3) is 0.556. The van der Waals surface area contributed by atoms with Gasteiger partial charge in [-0.2, -0.15) is 0 Å². The topological polar surface area (TPSA) is 66.8 Å². The van der Waals surface area contributed by atoms with Crippen molar-refractivity contribution in [2.75, 3.05) is 13.2 Å². The van der Waals surface area contributed by atoms with E-state index in [1.165, 1.54) is 0 Å². The minimum Gasteiger partial charge on any atom is -0.491 e. The van der Waals surface area contributed by atoms with Crippen LogP contribution < -0.4 is 4.74 Å². The van der Waals surface area contributed by atoms with Crippen LogP contribution in [0.2, 0.25) is 0 Å². The van der Waals surface area contributed by atoms with Crippen molar-refractivity contribution >= 4 is 11.9 Å². The molecule has 1 aromatic carbocycles. The average molecular weight is 319 g/mol. The number of amides is 1. The second-order valence-electron chi connectivity index (χ2n) is 6.51. The first-order valence-electron chi connectivity index (χ1n) is 8.18. The summed E-state index contributed by atoms with van der Waals surface area (Å²) in [7, 11) is 0. The number of carbonyl (C=O) groups excluding carboxylic acids is 1. The maximum absolute atomic E-state index is 12.3. The van der Waals surface area contributed by atoms with Gasteiger partial charge in [0.1, 0.15) is 12.4 Å². The number of likely N-dealkylation sites (tertiary alicyclic amines) is 1. The van der Waals surface area contributed by atoms with Crippen LogP contribution in [-0.2, 0) is 16.0 Å². The first-order chi connectivity index (χ1) is 11.0. The van der Waals surface area contributed by atoms with Gasteiger partial charge < -0.3 is 14.7 Å². The van der Waals surface area contributed by atoms with E-state index in [0.29, 0.717) is 30.3 Å². The Morgan fingerprint density at radius 3 is 2.87 bits per heavy atom. The third-order valence-corrected chi connectivity index (χ3v) is 3.98. The molecule has 1 saturated heterocycles. The molecule has 2 rings (SSSR count). The zero-order valence-corrected chi connectivity index (χ0v) is 13.8. The zero-order valence-electron chi connectivity index (χ0n) is 13.8. The number of benzene rings is 1. The highest BCUT2D eigenvalue weighted by Gasteiger charge is 2.29. The molecule has 1 N–H and O–H groups in total. The molecule has 0 aliphatic carbocycles. The first kappa shape index (κ1) is 17.3. The molecule has 1 aliphatic heterocycles. The normalized spacial score (nSPS) is 17.5. The highest BCUT2D eigenvalue weighted by molar-refractivity contribution is 5.77. The van der Waals surface area contributed by atoms with E-state index in [0.717, 1.165) is 19.4 Å². The number of hydrogen-bond donors (Lipinski definition) is 1. The lowest BCUT2D eigenvalue weighted by Gasteiger charge is -2.25. The Bertz CT molecular complexity index is 556. The highest BCUT2D eigenvalue weighted by atomic mass is 16.5. The Morgan fingerprint density at radius 1 is 1.39 bits per heavy atom. The molecule has 0 unspecified atom stereocenters. The van der Waals surface area contributed by atoms with Gasteiger partial charge in [-0.3, -0.25) is 9.59 Å². The fourth-order valence-electron chi connectivity index (χ4n) is 2.92. The van der Waals surface area contributed by atoms with Crippen molar-refractivity contribution in [2.24, 2.45) is 5.92 Å². The van der Waals surface area contributed by atoms with E-state index in [1.807, 2.05) is 24.8 Å². The smallest absolute Gasteiger partial charge is 0.307 e. The average Bonchev–Trinajstić information content (AvgIpc) is 2.92. The number of hydrogen-bond acceptors (Lipinski definition) is 3. The number of rotatable bonds is 7. The van der Waals surface area contributed by atoms with E-state index < -0.39 is 5.97 Å². The summed E-state index contributed by atoms with van der Waals surface area (Å²) in [5.41, 5.74) is 0.717. The van der Waals surface area contributed by atoms with Crippen LogP contribution in [0.3, 0.4) is 0 Å². The van der Waals surface area contributed by atoms with Crippen LogP contribution in [-0.4, -0.2) is 41.1 Å². The van der Waals surface area contributed by atoms with Gasteiger partial charge in [-0.1, -0.05) is 26.0 Å². The molecule has 0 radical (unpaired) electrons. The number of nitrogens with zero attached hydrogens (tertiary/aromatic N) is 1. The summed E-state index contributed by atoms with van der Waals surface area (Å²) in [6.45, 7) is 5.36. The third-order valence-electron chi connectivity index (χ3n) is 3.98. The van der Waals surface area contributed by atoms with Crippen LogP contribution in [0.25, 0.3) is 0 Å². The van der Waals surface area contributed by atoms with Crippen LogP contribution >= 0.6 is 0 Å². The van der Waals surface area contributed by atoms with Crippen molar-refractivity contribution in [1.29, 1.82) is 0 Å². The molecule has 1 heterocycles. The summed E-state index contributed by atoms with van der Waals surface area (Å²) < 4.78 is 5.81. The lowest BCUT2D eigenvalue weighted by Crippen LogP contribution is -2.39. The monoisotopic (exact) mass is 319 g/mol. The Kier molecular flexibility index (Phi) is 6.02. The number of carbonyl (C=O) groups is 2. The van der Waals surface area contributed by atoms with Gasteiger partial charge in [-0.05, 0) is 36.5 Å². The summed E-state index contributed by atoms with van der Waals surface area (Å²) in [5.74, 6) is 0.360. The Labute approximate surface area is 137 Å². The first-order valence-corrected chi connectivity index (χ1v) is 8.18. The standard InChI is InChI=1S/C18H25NO4/c1-13(2)9-17(20)19-8-4-6-15(19)12-23-16-7-3-5-14(10-16)11-18(21)22/h3,5,7,10,13,15H,4,6,8-9,11-12H2,1-2H3,(H,21,22)/t15-/m0/s1. The van der Waals surface area contributed by atoms with Gasteiger partial charge in [0.05, 0.1) is 12.5 Å². The maximum atomic E-state index is 12.3. The van der Waals surface area contributed by atoms with E-state index in [-0.39, 0.29) is 18.4 Å². The minimum atomic E-state index is -0.858. The lowest BCUT2D eigenvalue weighted by atomic mass is 10.1. The largest absolute Gasteiger partial charge is 0.491 e. The second-order valence-corrected chi connectivity index (χ2v) is 6.51. The predicted octanol–water partition coefficient (Wildman–Crippen LogP) is 2.73. The van der Waals surface area contributed by atoms with Crippen molar-refractivity contribution in [2.45, 2.75) is 45.6 Å². The second kappa shape index (κ2) is 7.99. The van der Waals surface area contributed by atoms with Gasteiger partial charge in [-0.25, -0.2) is 0 Å². The van der Waals surface area contributed by atoms with Crippen molar-refractivity contribution in [3.8, 4) is 5.75 Å². The van der Waals surface area contributed by atoms with Gasteiger partial charge >= 0.3 is 5.97 Å². The number of ether oxygens (including phenoxy) is 1. The molecule has 126 valence electrons. The predicted molar refractivity (Wildman–Crippen MR) is 87.5 cm³/mol. The van der Waals surface area contributed by atoms with Crippen molar-refractivity contribution in [1.82, 2.24) is 4.90 Å². The van der Waals surface area contributed by atoms with Crippen molar-refractivity contribution in [3.63, 3.8) is 0 Å². The molecule has 0 bridgehead atoms. The van der Waals surface area contributed by atoms with Gasteiger partial charge in [0.25, 0.3) is 0 Å². The summed E-state index contributed by atoms with van der Waals surface area (Å²) in [5, 5.41) is 8.84. The third kappa shape index (κ3) is 5.27. The molecule has 1 atom stereocenters. The Morgan fingerprint density at radius 2 is 2.17 bits per heavy atom. The molecular formula is C18H25NO4. The van der Waals surface area contributed by atoms with Gasteiger partial charge in [-0.15, -0.1) is 0 Å². The van der Waals surface area contributed by atoms with E-state index in [1.54, 1.807) is 18.2 Å². The Hall–Kier alpha value is -2.04. The van der Waals surface area contributed by atoms with E-state index >= 15 is 0 Å². The summed E-state index contributed by atoms with van der Waals surface area (Å²) in [4.78, 5) is 25.0. The molecule has 1 fully saturated rings. The summed E-state index contributed by atoms with van der Waals surface area (Å²) in [6, 6.07) is 7.26. The summed E-state index contributed by atoms with van der Waals surface area (Å²) >= 11 is 0. The minimum absolute atomic E-state index is 0.0143.